The largest absolute Gasteiger partial charge is 0.318 e. The normalized spacial score (nSPS) is 23.0. The van der Waals surface area contributed by atoms with Crippen molar-refractivity contribution in [1.29, 1.82) is 0 Å². The highest BCUT2D eigenvalue weighted by Crippen LogP contribution is 2.46. The molecule has 3 fully saturated rings. The van der Waals surface area contributed by atoms with Gasteiger partial charge in [-0.3, -0.25) is 14.4 Å². The van der Waals surface area contributed by atoms with Crippen LogP contribution in [0.5, 0.6) is 0 Å². The maximum atomic E-state index is 13.0. The average Bonchev–Trinajstić information content (AvgIpc) is 2.71. The summed E-state index contributed by atoms with van der Waals surface area (Å²) in [6.07, 6.45) is 5.14. The van der Waals surface area contributed by atoms with E-state index in [1.807, 2.05) is 0 Å². The van der Waals surface area contributed by atoms with Gasteiger partial charge < -0.3 is 30.6 Å². The summed E-state index contributed by atoms with van der Waals surface area (Å²) in [6.45, 7) is -8.16. The second kappa shape index (κ2) is 14.8. The predicted molar refractivity (Wildman–Crippen MR) is 229 cm³/mol. The molecule has 6 aliphatic rings. The Balaban J connectivity index is 0.000000137. The molecule has 0 saturated heterocycles. The molecule has 3 amide bonds. The summed E-state index contributed by atoms with van der Waals surface area (Å²) >= 11 is 0. The molecule has 9 heterocycles. The van der Waals surface area contributed by atoms with Gasteiger partial charge in [-0.25, -0.2) is 29.9 Å². The van der Waals surface area contributed by atoms with Crippen LogP contribution in [0.25, 0.3) is 0 Å². The van der Waals surface area contributed by atoms with E-state index in [9.17, 15) is 14.4 Å². The molecule has 300 valence electrons. The van der Waals surface area contributed by atoms with Gasteiger partial charge in [-0.05, 0) is 130 Å². The lowest BCUT2D eigenvalue weighted by Gasteiger charge is -2.23. The van der Waals surface area contributed by atoms with E-state index in [-0.39, 0.29) is 74.8 Å². The van der Waals surface area contributed by atoms with Gasteiger partial charge in [0.1, 0.15) is 17.5 Å². The molecule has 6 aromatic rings. The number of aryl methyl sites for hydroxylation is 1. The van der Waals surface area contributed by atoms with Crippen molar-refractivity contribution in [2.45, 2.75) is 77.2 Å². The lowest BCUT2D eigenvalue weighted by molar-refractivity contribution is 0.101. The van der Waals surface area contributed by atoms with E-state index in [2.05, 4.69) is 35.2 Å². The third-order valence-corrected chi connectivity index (χ3v) is 10.00. The lowest BCUT2D eigenvalue weighted by atomic mass is 10.2. The fourth-order valence-electron chi connectivity index (χ4n) is 6.83. The molecule has 15 heteroatoms. The maximum Gasteiger partial charge on any atom is 0.259 e. The first kappa shape index (κ1) is 20.6. The Bertz CT molecular complexity index is 3680. The molecule has 3 aliphatic carbocycles. The molecule has 3 N–H and O–H groups in total. The van der Waals surface area contributed by atoms with E-state index in [1.165, 1.54) is 22.1 Å². The van der Waals surface area contributed by atoms with E-state index >= 15 is 0 Å². The van der Waals surface area contributed by atoms with Crippen molar-refractivity contribution in [3.8, 4) is 0 Å². The number of carbonyl (C=O) groups excluding carboxylic acids is 3. The smallest absolute Gasteiger partial charge is 0.259 e. The molecule has 0 radical (unpaired) electrons. The SMILES string of the molecule is [2H]N1C(=O)c2cccnc2N(C2CC2)c2nccc(C([2H])([2H])[2H])c21.[2H]c1nc2c(c([2H])c1[2H])C(=O)N([2H])c1c(nc([2H])c([2H])c1C([2H])([2H])[2H])N2C1CC1.[2H]c1nc2c(c([2H])c1[2H])C(=O)Nc1c(nc([2H])c([2H])c1C([2H])([2H])[2H])N2C1CC1. The highest BCUT2D eigenvalue weighted by Gasteiger charge is 2.40. The van der Waals surface area contributed by atoms with Crippen LogP contribution in [0, 0.1) is 20.6 Å². The van der Waals surface area contributed by atoms with Crippen molar-refractivity contribution < 1.29 is 43.3 Å². The summed E-state index contributed by atoms with van der Waals surface area (Å²) in [5.41, 5.74) is -2.35. The van der Waals surface area contributed by atoms with Gasteiger partial charge in [0.05, 0.1) is 47.5 Å². The van der Waals surface area contributed by atoms with Crippen molar-refractivity contribution in [2.24, 2.45) is 0 Å². The number of amides is 3. The van der Waals surface area contributed by atoms with Gasteiger partial charge in [0.25, 0.3) is 17.7 Å². The molecule has 6 aromatic heterocycles. The fourth-order valence-corrected chi connectivity index (χ4v) is 6.83. The van der Waals surface area contributed by atoms with Crippen LogP contribution >= 0.6 is 0 Å². The van der Waals surface area contributed by atoms with Gasteiger partial charge in [-0.15, -0.1) is 0 Å². The van der Waals surface area contributed by atoms with Gasteiger partial charge in [0.15, 0.2) is 20.3 Å². The van der Waals surface area contributed by atoms with Crippen LogP contribution in [0.15, 0.2) is 91.5 Å². The van der Waals surface area contributed by atoms with Gasteiger partial charge in [0, 0.05) is 67.5 Å². The number of nitrogens with zero attached hydrogens (tertiary/aromatic N) is 9. The van der Waals surface area contributed by atoms with Crippen molar-refractivity contribution in [2.75, 3.05) is 30.6 Å². The second-order valence-corrected chi connectivity index (χ2v) is 14.2. The second-order valence-electron chi connectivity index (χ2n) is 14.2. The van der Waals surface area contributed by atoms with E-state index in [4.69, 9.17) is 28.9 Å². The molecule has 3 aliphatic heterocycles. The standard InChI is InChI=1S/3C15H14N4O/c3*1-9-6-8-17-14-12(9)18-15(20)11-3-2-7-16-13(11)19(14)10-4-5-10/h3*2-3,6-8,10H,4-5H2,1H3,(H,18,20)/i2*1D3,2D,3D,6D,7D,8D;1D3/hD2. The number of anilines is 9. The molecule has 12 rings (SSSR count). The molecular formula is C45H42N12O3. The lowest BCUT2D eigenvalue weighted by Crippen LogP contribution is -2.22. The van der Waals surface area contributed by atoms with E-state index in [1.54, 1.807) is 23.2 Å². The molecule has 0 bridgehead atoms. The molecule has 0 unspecified atom stereocenters. The number of hydrogen-bond donors (Lipinski definition) is 3. The highest BCUT2D eigenvalue weighted by molar-refractivity contribution is 6.13. The Hall–Kier alpha value is -7.29. The number of hydrogen-bond acceptors (Lipinski definition) is 12. The highest BCUT2D eigenvalue weighted by atomic mass is 16.2. The monoisotopic (exact) mass is 819 g/mol. The molecular weight excluding hydrogens is 757 g/mol. The number of aromatic nitrogens is 6. The quantitative estimate of drug-likeness (QED) is 0.157. The summed E-state index contributed by atoms with van der Waals surface area (Å²) in [7, 11) is 0. The van der Waals surface area contributed by atoms with Crippen LogP contribution in [0.1, 0.15) is 112 Å². The summed E-state index contributed by atoms with van der Waals surface area (Å²) in [5, 5.41) is 3.28. The molecule has 0 aromatic carbocycles. The van der Waals surface area contributed by atoms with Crippen LogP contribution < -0.4 is 30.6 Å². The molecule has 0 atom stereocenters. The zero-order valence-electron chi connectivity index (χ0n) is 52.0. The fraction of sp³-hybridized carbons (Fsp3) is 0.267. The van der Waals surface area contributed by atoms with Gasteiger partial charge in [-0.2, -0.15) is 0 Å². The van der Waals surface area contributed by atoms with Crippen molar-refractivity contribution in [3.63, 3.8) is 0 Å². The van der Waals surface area contributed by atoms with E-state index in [0.29, 0.717) is 42.6 Å². The minimum atomic E-state index is -2.91. The van der Waals surface area contributed by atoms with Crippen LogP contribution in [-0.2, 0) is 0 Å². The average molecular weight is 820 g/mol. The minimum Gasteiger partial charge on any atom is -0.318 e. The third-order valence-electron chi connectivity index (χ3n) is 10.00. The first-order valence-electron chi connectivity index (χ1n) is 29.0. The molecule has 3 saturated carbocycles. The number of rotatable bonds is 3. The number of pyridine rings is 6. The van der Waals surface area contributed by atoms with Crippen molar-refractivity contribution in [3.05, 3.63) is 125 Å². The molecule has 60 heavy (non-hydrogen) atoms. The van der Waals surface area contributed by atoms with Crippen LogP contribution in [0.4, 0.5) is 52.0 Å². The molecule has 0 spiro atoms. The van der Waals surface area contributed by atoms with Crippen LogP contribution in [0.3, 0.4) is 0 Å². The van der Waals surface area contributed by atoms with Gasteiger partial charge >= 0.3 is 0 Å². The topological polar surface area (TPSA) is 174 Å². The Morgan fingerprint density at radius 2 is 1.00 bits per heavy atom. The van der Waals surface area contributed by atoms with Crippen molar-refractivity contribution >= 4 is 69.7 Å². The number of nitrogens with one attached hydrogen (secondary N) is 3. The first-order chi connectivity index (χ1) is 37.9. The Morgan fingerprint density at radius 1 is 0.533 bits per heavy atom. The van der Waals surface area contributed by atoms with Crippen molar-refractivity contribution in [1.82, 2.24) is 29.9 Å². The van der Waals surface area contributed by atoms with Gasteiger partial charge in [0.2, 0.25) is 0 Å². The zero-order valence-corrected chi connectivity index (χ0v) is 31.0. The number of carbonyl (C=O) groups is 3. The third kappa shape index (κ3) is 6.70. The van der Waals surface area contributed by atoms with Crippen LogP contribution in [-0.4, -0.2) is 65.8 Å². The van der Waals surface area contributed by atoms with Crippen LogP contribution in [0.2, 0.25) is 2.82 Å². The minimum absolute atomic E-state index is 0.00685. The summed E-state index contributed by atoms with van der Waals surface area (Å²) in [4.78, 5) is 67.8. The Labute approximate surface area is 376 Å². The Morgan fingerprint density at radius 3 is 1.58 bits per heavy atom. The zero-order chi connectivity index (χ0) is 59.0. The number of fused-ring (bicyclic) bond motifs is 6. The predicted octanol–water partition coefficient (Wildman–Crippen LogP) is 7.95. The first-order valence-corrected chi connectivity index (χ1v) is 18.7. The Kier molecular flexibility index (Phi) is 5.09. The van der Waals surface area contributed by atoms with Gasteiger partial charge in [-0.1, -0.05) is 0 Å². The summed E-state index contributed by atoms with van der Waals surface area (Å²) in [6, 6.07) is 0.604. The molecule has 15 nitrogen and oxygen atoms in total. The summed E-state index contributed by atoms with van der Waals surface area (Å²) in [5.74, 6) is -2.35. The maximum absolute atomic E-state index is 13.0. The van der Waals surface area contributed by atoms with E-state index < -0.39 is 122 Å². The summed E-state index contributed by atoms with van der Waals surface area (Å²) < 4.78 is 166. The van der Waals surface area contributed by atoms with E-state index in [0.717, 1.165) is 12.8 Å².